The molecule has 1 aromatic carbocycles. The highest BCUT2D eigenvalue weighted by atomic mass is 16.7. The normalized spacial score (nSPS) is 17.8. The van der Waals surface area contributed by atoms with E-state index in [0.717, 1.165) is 36.5 Å². The van der Waals surface area contributed by atoms with Gasteiger partial charge in [0.1, 0.15) is 0 Å². The van der Waals surface area contributed by atoms with Crippen LogP contribution in [0.25, 0.3) is 0 Å². The van der Waals surface area contributed by atoms with Gasteiger partial charge in [0.25, 0.3) is 0 Å². The second kappa shape index (κ2) is 6.32. The molecule has 0 bridgehead atoms. The van der Waals surface area contributed by atoms with Gasteiger partial charge in [0.2, 0.25) is 12.7 Å². The van der Waals surface area contributed by atoms with Crippen LogP contribution in [0.5, 0.6) is 11.5 Å². The highest BCUT2D eigenvalue weighted by Gasteiger charge is 2.19. The number of nitrogens with zero attached hydrogens (tertiary/aromatic N) is 1. The third kappa shape index (κ3) is 3.28. The van der Waals surface area contributed by atoms with Gasteiger partial charge in [0, 0.05) is 24.8 Å². The minimum atomic E-state index is -0.00883. The Hall–Kier alpha value is -1.79. The minimum absolute atomic E-state index is 0.00883. The minimum Gasteiger partial charge on any atom is -0.454 e. The zero-order valence-electron chi connectivity index (χ0n) is 12.2. The maximum Gasteiger partial charge on any atom is 0.238 e. The Morgan fingerprint density at radius 3 is 2.67 bits per heavy atom. The molecule has 21 heavy (non-hydrogen) atoms. The first-order valence-corrected chi connectivity index (χ1v) is 7.28. The summed E-state index contributed by atoms with van der Waals surface area (Å²) in [6, 6.07) is 3.78. The number of hydrogen-bond donors (Lipinski definition) is 1. The van der Waals surface area contributed by atoms with Crippen molar-refractivity contribution in [3.8, 4) is 11.5 Å². The fourth-order valence-corrected chi connectivity index (χ4v) is 2.55. The first kappa shape index (κ1) is 14.2. The summed E-state index contributed by atoms with van der Waals surface area (Å²) in [5, 5.41) is 2.98. The van der Waals surface area contributed by atoms with Crippen LogP contribution in [0.1, 0.15) is 12.5 Å². The summed E-state index contributed by atoms with van der Waals surface area (Å²) in [5.41, 5.74) is 1.86. The van der Waals surface area contributed by atoms with Gasteiger partial charge in [-0.25, -0.2) is 0 Å². The second-order valence-corrected chi connectivity index (χ2v) is 5.15. The summed E-state index contributed by atoms with van der Waals surface area (Å²) in [4.78, 5) is 14.3. The van der Waals surface area contributed by atoms with Crippen molar-refractivity contribution in [1.29, 1.82) is 0 Å². The standard InChI is InChI=1S/C15H20N2O4/c1-2-11-7-13-14(21-10-20-13)8-12(11)16-15(18)9-17-3-5-19-6-4-17/h7-8H,2-6,9-10H2,1H3,(H,16,18). The first-order valence-electron chi connectivity index (χ1n) is 7.28. The number of ether oxygens (including phenoxy) is 3. The Morgan fingerprint density at radius 1 is 1.24 bits per heavy atom. The monoisotopic (exact) mass is 292 g/mol. The predicted octanol–water partition coefficient (Wildman–Crippen LogP) is 1.25. The molecule has 1 aromatic rings. The van der Waals surface area contributed by atoms with E-state index in [4.69, 9.17) is 14.2 Å². The van der Waals surface area contributed by atoms with E-state index in [9.17, 15) is 4.79 Å². The number of carbonyl (C=O) groups excluding carboxylic acids is 1. The van der Waals surface area contributed by atoms with Crippen LogP contribution in [0.15, 0.2) is 12.1 Å². The number of rotatable bonds is 4. The zero-order chi connectivity index (χ0) is 14.7. The van der Waals surface area contributed by atoms with E-state index in [0.29, 0.717) is 25.5 Å². The molecule has 2 aliphatic rings. The van der Waals surface area contributed by atoms with Crippen LogP contribution in [0, 0.1) is 0 Å². The highest BCUT2D eigenvalue weighted by Crippen LogP contribution is 2.37. The molecule has 1 fully saturated rings. The van der Waals surface area contributed by atoms with Crippen molar-refractivity contribution in [2.75, 3.05) is 45.0 Å². The van der Waals surface area contributed by atoms with Gasteiger partial charge in [-0.1, -0.05) is 6.92 Å². The van der Waals surface area contributed by atoms with Crippen molar-refractivity contribution >= 4 is 11.6 Å². The molecular formula is C15H20N2O4. The molecule has 0 radical (unpaired) electrons. The molecule has 6 nitrogen and oxygen atoms in total. The number of anilines is 1. The lowest BCUT2D eigenvalue weighted by molar-refractivity contribution is -0.118. The molecular weight excluding hydrogens is 272 g/mol. The van der Waals surface area contributed by atoms with Crippen molar-refractivity contribution in [3.63, 3.8) is 0 Å². The van der Waals surface area contributed by atoms with E-state index < -0.39 is 0 Å². The van der Waals surface area contributed by atoms with E-state index in [1.54, 1.807) is 0 Å². The van der Waals surface area contributed by atoms with Gasteiger partial charge in [0.05, 0.1) is 19.8 Å². The van der Waals surface area contributed by atoms with Crippen molar-refractivity contribution in [2.45, 2.75) is 13.3 Å². The molecule has 1 amide bonds. The maximum atomic E-state index is 12.2. The number of amides is 1. The van der Waals surface area contributed by atoms with E-state index in [1.165, 1.54) is 0 Å². The molecule has 6 heteroatoms. The van der Waals surface area contributed by atoms with Gasteiger partial charge in [-0.15, -0.1) is 0 Å². The average molecular weight is 292 g/mol. The third-order valence-electron chi connectivity index (χ3n) is 3.72. The van der Waals surface area contributed by atoms with Gasteiger partial charge in [0.15, 0.2) is 11.5 Å². The molecule has 1 saturated heterocycles. The second-order valence-electron chi connectivity index (χ2n) is 5.15. The van der Waals surface area contributed by atoms with Gasteiger partial charge >= 0.3 is 0 Å². The summed E-state index contributed by atoms with van der Waals surface area (Å²) < 4.78 is 16.0. The molecule has 2 heterocycles. The maximum absolute atomic E-state index is 12.2. The number of fused-ring (bicyclic) bond motifs is 1. The van der Waals surface area contributed by atoms with Crippen molar-refractivity contribution in [2.24, 2.45) is 0 Å². The van der Waals surface area contributed by atoms with Gasteiger partial charge < -0.3 is 19.5 Å². The summed E-state index contributed by atoms with van der Waals surface area (Å²) in [6.07, 6.45) is 0.823. The molecule has 0 aromatic heterocycles. The zero-order valence-corrected chi connectivity index (χ0v) is 12.2. The average Bonchev–Trinajstić information content (AvgIpc) is 2.94. The molecule has 114 valence electrons. The molecule has 2 aliphatic heterocycles. The van der Waals surface area contributed by atoms with Crippen LogP contribution >= 0.6 is 0 Å². The Kier molecular flexibility index (Phi) is 4.26. The van der Waals surface area contributed by atoms with Crippen molar-refractivity contribution < 1.29 is 19.0 Å². The van der Waals surface area contributed by atoms with Crippen molar-refractivity contribution in [1.82, 2.24) is 4.90 Å². The lowest BCUT2D eigenvalue weighted by Crippen LogP contribution is -2.41. The van der Waals surface area contributed by atoms with Gasteiger partial charge in [-0.2, -0.15) is 0 Å². The third-order valence-corrected chi connectivity index (χ3v) is 3.72. The van der Waals surface area contributed by atoms with Crippen LogP contribution in [0.3, 0.4) is 0 Å². The van der Waals surface area contributed by atoms with Crippen LogP contribution < -0.4 is 14.8 Å². The van der Waals surface area contributed by atoms with Gasteiger partial charge in [-0.3, -0.25) is 9.69 Å². The summed E-state index contributed by atoms with van der Waals surface area (Å²) >= 11 is 0. The quantitative estimate of drug-likeness (QED) is 0.905. The largest absolute Gasteiger partial charge is 0.454 e. The fraction of sp³-hybridized carbons (Fsp3) is 0.533. The Balaban J connectivity index is 1.67. The number of benzene rings is 1. The fourth-order valence-electron chi connectivity index (χ4n) is 2.55. The van der Waals surface area contributed by atoms with Crippen LogP contribution in [-0.4, -0.2) is 50.4 Å². The van der Waals surface area contributed by atoms with Gasteiger partial charge in [-0.05, 0) is 18.1 Å². The lowest BCUT2D eigenvalue weighted by atomic mass is 10.1. The first-order chi connectivity index (χ1) is 10.3. The summed E-state index contributed by atoms with van der Waals surface area (Å²) in [5.74, 6) is 1.43. The predicted molar refractivity (Wildman–Crippen MR) is 77.8 cm³/mol. The lowest BCUT2D eigenvalue weighted by Gasteiger charge is -2.26. The molecule has 0 saturated carbocycles. The topological polar surface area (TPSA) is 60.0 Å². The van der Waals surface area contributed by atoms with E-state index >= 15 is 0 Å². The molecule has 3 rings (SSSR count). The van der Waals surface area contributed by atoms with Crippen LogP contribution in [-0.2, 0) is 16.0 Å². The highest BCUT2D eigenvalue weighted by molar-refractivity contribution is 5.93. The molecule has 0 unspecified atom stereocenters. The Morgan fingerprint density at radius 2 is 1.95 bits per heavy atom. The van der Waals surface area contributed by atoms with Crippen LogP contribution in [0.4, 0.5) is 5.69 Å². The SMILES string of the molecule is CCc1cc2c(cc1NC(=O)CN1CCOCC1)OCO2. The summed E-state index contributed by atoms with van der Waals surface area (Å²) in [6.45, 7) is 5.67. The molecule has 0 spiro atoms. The van der Waals surface area contributed by atoms with Crippen LogP contribution in [0.2, 0.25) is 0 Å². The number of hydrogen-bond acceptors (Lipinski definition) is 5. The number of nitrogens with one attached hydrogen (secondary N) is 1. The molecule has 0 atom stereocenters. The molecule has 1 N–H and O–H groups in total. The van der Waals surface area contributed by atoms with E-state index in [1.807, 2.05) is 12.1 Å². The smallest absolute Gasteiger partial charge is 0.238 e. The van der Waals surface area contributed by atoms with Crippen molar-refractivity contribution in [3.05, 3.63) is 17.7 Å². The number of aryl methyl sites for hydroxylation is 1. The molecule has 0 aliphatic carbocycles. The summed E-state index contributed by atoms with van der Waals surface area (Å²) in [7, 11) is 0. The number of carbonyl (C=O) groups is 1. The van der Waals surface area contributed by atoms with E-state index in [2.05, 4.69) is 17.1 Å². The Labute approximate surface area is 124 Å². The van der Waals surface area contributed by atoms with E-state index in [-0.39, 0.29) is 12.7 Å². The number of morpholine rings is 1. The Bertz CT molecular complexity index is 527.